The molecule has 2 aromatic rings. The number of carbonyl (C=O) groups is 3. The molecule has 0 aliphatic carbocycles. The molecule has 0 amide bonds. The van der Waals surface area contributed by atoms with E-state index in [-0.39, 0.29) is 16.4 Å². The lowest BCUT2D eigenvalue weighted by molar-refractivity contribution is -0.145. The average Bonchev–Trinajstić information content (AvgIpc) is 3.09. The van der Waals surface area contributed by atoms with Gasteiger partial charge in [-0.3, -0.25) is 14.4 Å². The van der Waals surface area contributed by atoms with Crippen LogP contribution < -0.4 is 14.2 Å². The van der Waals surface area contributed by atoms with Gasteiger partial charge in [0.2, 0.25) is 15.8 Å². The second-order valence-electron chi connectivity index (χ2n) is 8.36. The molecule has 1 aromatic heterocycles. The molecule has 0 radical (unpaired) electrons. The number of nitrogens with one attached hydrogen (secondary N) is 2. The van der Waals surface area contributed by atoms with E-state index in [9.17, 15) is 22.8 Å². The molecule has 1 aromatic carbocycles. The Kier molecular flexibility index (Phi) is 7.47. The van der Waals surface area contributed by atoms with Crippen LogP contribution in [0, 0.1) is 19.8 Å². The Morgan fingerprint density at radius 2 is 1.76 bits per heavy atom. The number of carbonyl (C=O) groups excluding carboxylic acids is 3. The second kappa shape index (κ2) is 9.98. The normalized spacial score (nSPS) is 14.1. The number of ether oxygens (including phenoxy) is 3. The zero-order valence-corrected chi connectivity index (χ0v) is 20.5. The van der Waals surface area contributed by atoms with Gasteiger partial charge < -0.3 is 19.2 Å². The van der Waals surface area contributed by atoms with Gasteiger partial charge in [-0.2, -0.15) is 4.72 Å². The molecular formula is C23H28N2O8S. The van der Waals surface area contributed by atoms with Crippen molar-refractivity contribution < 1.29 is 37.0 Å². The number of H-pyrrole nitrogens is 1. The third kappa shape index (κ3) is 5.31. The fraction of sp³-hybridized carbons (Fsp3) is 0.435. The number of ketones is 2. The second-order valence-corrected chi connectivity index (χ2v) is 10.1. The van der Waals surface area contributed by atoms with Crippen LogP contribution in [0.25, 0.3) is 0 Å². The molecule has 3 rings (SSSR count). The van der Waals surface area contributed by atoms with E-state index in [1.165, 1.54) is 25.1 Å². The van der Waals surface area contributed by atoms with Gasteiger partial charge in [-0.1, -0.05) is 13.8 Å². The zero-order chi connectivity index (χ0) is 25.2. The smallest absolute Gasteiger partial charge is 0.324 e. The van der Waals surface area contributed by atoms with E-state index in [0.717, 1.165) is 0 Å². The molecule has 10 nitrogen and oxygen atoms in total. The number of aromatic nitrogens is 1. The van der Waals surface area contributed by atoms with Crippen LogP contribution in [0.4, 0.5) is 0 Å². The van der Waals surface area contributed by atoms with E-state index < -0.39 is 40.3 Å². The first-order valence-electron chi connectivity index (χ1n) is 10.7. The molecule has 1 unspecified atom stereocenters. The first kappa shape index (κ1) is 25.4. The maximum atomic E-state index is 12.9. The van der Waals surface area contributed by atoms with Crippen molar-refractivity contribution in [1.29, 1.82) is 0 Å². The SMILES string of the molecule is CC(=O)c1c(C)[nH]c(C(=O)COC(=O)C(NS(=O)(=O)c2ccc3c(c2)OCCO3)C(C)C)c1C. The Hall–Kier alpha value is -3.18. The minimum atomic E-state index is -4.11. The van der Waals surface area contributed by atoms with E-state index in [1.807, 2.05) is 0 Å². The number of Topliss-reactive ketones (excluding diaryl/α,β-unsaturated/α-hetero) is 2. The van der Waals surface area contributed by atoms with Crippen LogP contribution in [0.1, 0.15) is 52.9 Å². The van der Waals surface area contributed by atoms with E-state index in [2.05, 4.69) is 9.71 Å². The highest BCUT2D eigenvalue weighted by Gasteiger charge is 2.31. The standard InChI is InChI=1S/C23H28N2O8S/c1-12(2)21(25-34(29,30)16-6-7-18-19(10-16)32-9-8-31-18)23(28)33-11-17(27)22-13(3)20(15(5)26)14(4)24-22/h6-7,10,12,21,24-25H,8-9,11H2,1-5H3. The van der Waals surface area contributed by atoms with Crippen molar-refractivity contribution in [3.63, 3.8) is 0 Å². The monoisotopic (exact) mass is 492 g/mol. The Morgan fingerprint density at radius 3 is 2.35 bits per heavy atom. The maximum Gasteiger partial charge on any atom is 0.324 e. The average molecular weight is 493 g/mol. The highest BCUT2D eigenvalue weighted by Crippen LogP contribution is 2.32. The van der Waals surface area contributed by atoms with Crippen molar-refractivity contribution in [2.45, 2.75) is 45.6 Å². The maximum absolute atomic E-state index is 12.9. The Morgan fingerprint density at radius 1 is 1.12 bits per heavy atom. The van der Waals surface area contributed by atoms with Crippen LogP contribution >= 0.6 is 0 Å². The number of fused-ring (bicyclic) bond motifs is 1. The van der Waals surface area contributed by atoms with Gasteiger partial charge in [-0.05, 0) is 44.4 Å². The number of esters is 1. The summed E-state index contributed by atoms with van der Waals surface area (Å²) in [5, 5.41) is 0. The Bertz CT molecular complexity index is 1230. The topological polar surface area (TPSA) is 141 Å². The number of aryl methyl sites for hydroxylation is 1. The minimum absolute atomic E-state index is 0.0967. The zero-order valence-electron chi connectivity index (χ0n) is 19.7. The molecule has 0 spiro atoms. The number of rotatable bonds is 9. The summed E-state index contributed by atoms with van der Waals surface area (Å²) in [4.78, 5) is 39.9. The molecule has 2 N–H and O–H groups in total. The van der Waals surface area contributed by atoms with Crippen molar-refractivity contribution in [3.05, 3.63) is 40.7 Å². The summed E-state index contributed by atoms with van der Waals surface area (Å²) in [6, 6.07) is 2.93. The molecule has 0 saturated carbocycles. The summed E-state index contributed by atoms with van der Waals surface area (Å²) in [6.45, 7) is 8.07. The Labute approximate surface area is 198 Å². The van der Waals surface area contributed by atoms with Crippen molar-refractivity contribution in [2.24, 2.45) is 5.92 Å². The molecular weight excluding hydrogens is 464 g/mol. The summed E-state index contributed by atoms with van der Waals surface area (Å²) in [7, 11) is -4.11. The van der Waals surface area contributed by atoms with E-state index in [0.29, 0.717) is 41.5 Å². The van der Waals surface area contributed by atoms with Crippen LogP contribution in [0.3, 0.4) is 0 Å². The molecule has 1 aliphatic heterocycles. The Balaban J connectivity index is 1.72. The first-order chi connectivity index (χ1) is 15.9. The predicted octanol–water partition coefficient (Wildman–Crippen LogP) is 2.33. The van der Waals surface area contributed by atoms with Crippen molar-refractivity contribution in [1.82, 2.24) is 9.71 Å². The molecule has 1 atom stereocenters. The lowest BCUT2D eigenvalue weighted by Gasteiger charge is -2.22. The molecule has 11 heteroatoms. The van der Waals surface area contributed by atoms with Gasteiger partial charge in [0.1, 0.15) is 19.3 Å². The lowest BCUT2D eigenvalue weighted by Crippen LogP contribution is -2.45. The van der Waals surface area contributed by atoms with Crippen molar-refractivity contribution in [3.8, 4) is 11.5 Å². The fourth-order valence-electron chi connectivity index (χ4n) is 3.74. The summed E-state index contributed by atoms with van der Waals surface area (Å²) in [5.74, 6) is -1.34. The van der Waals surface area contributed by atoms with E-state index >= 15 is 0 Å². The summed E-state index contributed by atoms with van der Waals surface area (Å²) >= 11 is 0. The number of benzene rings is 1. The fourth-order valence-corrected chi connectivity index (χ4v) is 5.09. The molecule has 34 heavy (non-hydrogen) atoms. The van der Waals surface area contributed by atoms with Gasteiger partial charge in [-0.25, -0.2) is 8.42 Å². The van der Waals surface area contributed by atoms with E-state index in [1.54, 1.807) is 27.7 Å². The van der Waals surface area contributed by atoms with Gasteiger partial charge in [-0.15, -0.1) is 0 Å². The van der Waals surface area contributed by atoms with Gasteiger partial charge in [0, 0.05) is 17.3 Å². The summed E-state index contributed by atoms with van der Waals surface area (Å²) in [6.07, 6.45) is 0. The molecule has 2 heterocycles. The quantitative estimate of drug-likeness (QED) is 0.401. The van der Waals surface area contributed by atoms with Gasteiger partial charge in [0.05, 0.1) is 10.6 Å². The van der Waals surface area contributed by atoms with Crippen LogP contribution in [0.5, 0.6) is 11.5 Å². The van der Waals surface area contributed by atoms with Crippen LogP contribution in [-0.2, 0) is 19.6 Å². The third-order valence-electron chi connectivity index (χ3n) is 5.44. The van der Waals surface area contributed by atoms with Gasteiger partial charge in [0.25, 0.3) is 0 Å². The predicted molar refractivity (Wildman–Crippen MR) is 122 cm³/mol. The van der Waals surface area contributed by atoms with Crippen molar-refractivity contribution in [2.75, 3.05) is 19.8 Å². The number of hydrogen-bond acceptors (Lipinski definition) is 8. The highest BCUT2D eigenvalue weighted by atomic mass is 32.2. The molecule has 184 valence electrons. The molecule has 0 fully saturated rings. The van der Waals surface area contributed by atoms with Crippen molar-refractivity contribution >= 4 is 27.6 Å². The third-order valence-corrected chi connectivity index (χ3v) is 6.88. The largest absolute Gasteiger partial charge is 0.486 e. The highest BCUT2D eigenvalue weighted by molar-refractivity contribution is 7.89. The first-order valence-corrected chi connectivity index (χ1v) is 12.2. The molecule has 1 aliphatic rings. The van der Waals surface area contributed by atoms with Crippen LogP contribution in [0.2, 0.25) is 0 Å². The van der Waals surface area contributed by atoms with Crippen LogP contribution in [0.15, 0.2) is 23.1 Å². The van der Waals surface area contributed by atoms with Crippen LogP contribution in [-0.4, -0.2) is 56.8 Å². The van der Waals surface area contributed by atoms with E-state index in [4.69, 9.17) is 14.2 Å². The number of hydrogen-bond donors (Lipinski definition) is 2. The molecule has 0 saturated heterocycles. The van der Waals surface area contributed by atoms with Gasteiger partial charge >= 0.3 is 5.97 Å². The minimum Gasteiger partial charge on any atom is -0.486 e. The summed E-state index contributed by atoms with van der Waals surface area (Å²) in [5.41, 5.74) is 1.62. The lowest BCUT2D eigenvalue weighted by atomic mass is 10.1. The molecule has 0 bridgehead atoms. The van der Waals surface area contributed by atoms with Gasteiger partial charge in [0.15, 0.2) is 23.9 Å². The summed E-state index contributed by atoms with van der Waals surface area (Å²) < 4.78 is 44.2. The number of aromatic amines is 1. The number of sulfonamides is 1.